The first-order chi connectivity index (χ1) is 10.6. The maximum Gasteiger partial charge on any atom is 0.262 e. The Kier molecular flexibility index (Phi) is 4.06. The van der Waals surface area contributed by atoms with Gasteiger partial charge in [-0.25, -0.2) is 4.98 Å². The summed E-state index contributed by atoms with van der Waals surface area (Å²) in [5.74, 6) is 0.504. The average molecular weight is 312 g/mol. The number of nitrogens with one attached hydrogen (secondary N) is 1. The van der Waals surface area contributed by atoms with Gasteiger partial charge < -0.3 is 10.1 Å². The number of nitrogens with zero attached hydrogens (tertiary/aromatic N) is 1. The van der Waals surface area contributed by atoms with E-state index in [4.69, 9.17) is 4.74 Å². The van der Waals surface area contributed by atoms with Crippen molar-refractivity contribution in [3.63, 3.8) is 0 Å². The Balaban J connectivity index is 1.72. The number of carbonyl (C=O) groups is 1. The van der Waals surface area contributed by atoms with Crippen LogP contribution in [0.15, 0.2) is 41.8 Å². The van der Waals surface area contributed by atoms with Crippen LogP contribution in [-0.4, -0.2) is 17.5 Å². The van der Waals surface area contributed by atoms with Gasteiger partial charge in [0.15, 0.2) is 6.61 Å². The molecule has 2 aromatic heterocycles. The van der Waals surface area contributed by atoms with E-state index >= 15 is 0 Å². The number of fused-ring (bicyclic) bond motifs is 1. The Labute approximate surface area is 132 Å². The molecule has 2 heterocycles. The second-order valence-corrected chi connectivity index (χ2v) is 5.92. The first kappa shape index (κ1) is 14.5. The molecule has 0 saturated heterocycles. The number of carbonyl (C=O) groups excluding carboxylic acids is 1. The summed E-state index contributed by atoms with van der Waals surface area (Å²) in [4.78, 5) is 17.5. The minimum atomic E-state index is -0.177. The van der Waals surface area contributed by atoms with Crippen molar-refractivity contribution < 1.29 is 9.53 Å². The van der Waals surface area contributed by atoms with E-state index in [1.807, 2.05) is 55.6 Å². The van der Waals surface area contributed by atoms with Crippen molar-refractivity contribution in [2.45, 2.75) is 13.8 Å². The normalized spacial score (nSPS) is 10.6. The molecule has 5 heteroatoms. The Bertz CT molecular complexity index is 812. The molecule has 1 N–H and O–H groups in total. The highest BCUT2D eigenvalue weighted by Gasteiger charge is 2.12. The van der Waals surface area contributed by atoms with E-state index in [1.54, 1.807) is 0 Å². The molecule has 0 unspecified atom stereocenters. The van der Waals surface area contributed by atoms with Gasteiger partial charge in [0.2, 0.25) is 0 Å². The van der Waals surface area contributed by atoms with Gasteiger partial charge in [-0.15, -0.1) is 11.3 Å². The SMILES string of the molecule is Cc1cc(C)c2c(NC(=O)COc3ccccc3)csc2n1. The highest BCUT2D eigenvalue weighted by molar-refractivity contribution is 7.17. The third-order valence-corrected chi connectivity index (χ3v) is 4.13. The second kappa shape index (κ2) is 6.15. The number of hydrogen-bond acceptors (Lipinski definition) is 4. The maximum absolute atomic E-state index is 12.1. The number of benzene rings is 1. The number of anilines is 1. The minimum Gasteiger partial charge on any atom is -0.484 e. The molecule has 1 aromatic carbocycles. The molecule has 0 fully saturated rings. The summed E-state index contributed by atoms with van der Waals surface area (Å²) in [5.41, 5.74) is 2.90. The smallest absolute Gasteiger partial charge is 0.262 e. The van der Waals surface area contributed by atoms with Crippen LogP contribution in [0.25, 0.3) is 10.2 Å². The molecule has 4 nitrogen and oxygen atoms in total. The van der Waals surface area contributed by atoms with Crippen LogP contribution < -0.4 is 10.1 Å². The van der Waals surface area contributed by atoms with E-state index in [2.05, 4.69) is 10.3 Å². The number of amides is 1. The standard InChI is InChI=1S/C17H16N2O2S/c1-11-8-12(2)18-17-16(11)14(10-22-17)19-15(20)9-21-13-6-4-3-5-7-13/h3-8,10H,9H2,1-2H3,(H,19,20). The van der Waals surface area contributed by atoms with Crippen LogP contribution in [0.2, 0.25) is 0 Å². The Morgan fingerprint density at radius 2 is 2.05 bits per heavy atom. The van der Waals surface area contributed by atoms with Crippen molar-refractivity contribution in [2.75, 3.05) is 11.9 Å². The molecule has 0 aliphatic heterocycles. The van der Waals surface area contributed by atoms with E-state index in [0.29, 0.717) is 5.75 Å². The lowest BCUT2D eigenvalue weighted by molar-refractivity contribution is -0.118. The summed E-state index contributed by atoms with van der Waals surface area (Å²) >= 11 is 1.53. The number of thiophene rings is 1. The van der Waals surface area contributed by atoms with Gasteiger partial charge in [0.25, 0.3) is 5.91 Å². The Morgan fingerprint density at radius 3 is 2.82 bits per heavy atom. The number of pyridine rings is 1. The van der Waals surface area contributed by atoms with E-state index in [-0.39, 0.29) is 12.5 Å². The van der Waals surface area contributed by atoms with Gasteiger partial charge in [0.1, 0.15) is 10.6 Å². The Hall–Kier alpha value is -2.40. The van der Waals surface area contributed by atoms with Crippen molar-refractivity contribution in [1.29, 1.82) is 0 Å². The van der Waals surface area contributed by atoms with Crippen LogP contribution in [0.5, 0.6) is 5.75 Å². The molecular formula is C17H16N2O2S. The highest BCUT2D eigenvalue weighted by Crippen LogP contribution is 2.31. The molecule has 0 saturated carbocycles. The van der Waals surface area contributed by atoms with E-state index in [9.17, 15) is 4.79 Å². The fourth-order valence-electron chi connectivity index (χ4n) is 2.33. The first-order valence-electron chi connectivity index (χ1n) is 6.96. The predicted octanol–water partition coefficient (Wildman–Crippen LogP) is 3.93. The summed E-state index contributed by atoms with van der Waals surface area (Å²) < 4.78 is 5.45. The molecule has 0 aliphatic carbocycles. The zero-order valence-electron chi connectivity index (χ0n) is 12.4. The summed E-state index contributed by atoms with van der Waals surface area (Å²) in [6, 6.07) is 11.3. The lowest BCUT2D eigenvalue weighted by Crippen LogP contribution is -2.20. The van der Waals surface area contributed by atoms with Crippen LogP contribution in [0.3, 0.4) is 0 Å². The van der Waals surface area contributed by atoms with Crippen LogP contribution in [0, 0.1) is 13.8 Å². The van der Waals surface area contributed by atoms with E-state index < -0.39 is 0 Å². The second-order valence-electron chi connectivity index (χ2n) is 5.06. The molecule has 0 spiro atoms. The number of para-hydroxylation sites is 1. The van der Waals surface area contributed by atoms with Gasteiger partial charge in [-0.2, -0.15) is 0 Å². The Morgan fingerprint density at radius 1 is 1.27 bits per heavy atom. The van der Waals surface area contributed by atoms with Gasteiger partial charge in [-0.3, -0.25) is 4.79 Å². The predicted molar refractivity (Wildman–Crippen MR) is 89.7 cm³/mol. The zero-order valence-corrected chi connectivity index (χ0v) is 13.2. The molecule has 0 radical (unpaired) electrons. The van der Waals surface area contributed by atoms with Gasteiger partial charge in [0, 0.05) is 16.5 Å². The molecule has 112 valence electrons. The molecule has 0 aliphatic rings. The molecule has 0 bridgehead atoms. The molecular weight excluding hydrogens is 296 g/mol. The van der Waals surface area contributed by atoms with Gasteiger partial charge in [-0.05, 0) is 37.6 Å². The molecule has 3 aromatic rings. The number of aryl methyl sites for hydroxylation is 2. The van der Waals surface area contributed by atoms with Crippen LogP contribution in [0.1, 0.15) is 11.3 Å². The molecule has 22 heavy (non-hydrogen) atoms. The number of rotatable bonds is 4. The van der Waals surface area contributed by atoms with Crippen LogP contribution in [0.4, 0.5) is 5.69 Å². The van der Waals surface area contributed by atoms with Gasteiger partial charge in [-0.1, -0.05) is 18.2 Å². The van der Waals surface area contributed by atoms with Gasteiger partial charge >= 0.3 is 0 Å². The minimum absolute atomic E-state index is 0.0142. The van der Waals surface area contributed by atoms with Crippen molar-refractivity contribution in [3.8, 4) is 5.75 Å². The van der Waals surface area contributed by atoms with Gasteiger partial charge in [0.05, 0.1) is 5.69 Å². The van der Waals surface area contributed by atoms with E-state index in [1.165, 1.54) is 11.3 Å². The third kappa shape index (κ3) is 3.09. The lowest BCUT2D eigenvalue weighted by Gasteiger charge is -2.07. The number of aromatic nitrogens is 1. The van der Waals surface area contributed by atoms with Crippen LogP contribution in [-0.2, 0) is 4.79 Å². The highest BCUT2D eigenvalue weighted by atomic mass is 32.1. The zero-order chi connectivity index (χ0) is 15.5. The summed E-state index contributed by atoms with van der Waals surface area (Å²) in [5, 5.41) is 5.83. The summed E-state index contributed by atoms with van der Waals surface area (Å²) in [6.07, 6.45) is 0. The number of hydrogen-bond donors (Lipinski definition) is 1. The summed E-state index contributed by atoms with van der Waals surface area (Å²) in [7, 11) is 0. The fraction of sp³-hybridized carbons (Fsp3) is 0.176. The average Bonchev–Trinajstić information content (AvgIpc) is 2.89. The van der Waals surface area contributed by atoms with Crippen molar-refractivity contribution in [1.82, 2.24) is 4.98 Å². The van der Waals surface area contributed by atoms with Crippen LogP contribution >= 0.6 is 11.3 Å². The first-order valence-corrected chi connectivity index (χ1v) is 7.84. The lowest BCUT2D eigenvalue weighted by atomic mass is 10.1. The van der Waals surface area contributed by atoms with Crippen molar-refractivity contribution >= 4 is 33.1 Å². The third-order valence-electron chi connectivity index (χ3n) is 3.26. The summed E-state index contributed by atoms with van der Waals surface area (Å²) in [6.45, 7) is 3.98. The van der Waals surface area contributed by atoms with Crippen molar-refractivity contribution in [2.24, 2.45) is 0 Å². The number of ether oxygens (including phenoxy) is 1. The monoisotopic (exact) mass is 312 g/mol. The largest absolute Gasteiger partial charge is 0.484 e. The quantitative estimate of drug-likeness (QED) is 0.794. The molecule has 1 amide bonds. The topological polar surface area (TPSA) is 51.2 Å². The fourth-order valence-corrected chi connectivity index (χ4v) is 3.32. The van der Waals surface area contributed by atoms with Crippen molar-refractivity contribution in [3.05, 3.63) is 53.0 Å². The van der Waals surface area contributed by atoms with E-state index in [0.717, 1.165) is 27.2 Å². The molecule has 3 rings (SSSR count). The maximum atomic E-state index is 12.1. The molecule has 0 atom stereocenters.